The molecule has 0 aliphatic heterocycles. The SMILES string of the molecule is CC(C)(C)c1noc(-c2ccnc(NN)c2)n1. The molecule has 90 valence electrons. The van der Waals surface area contributed by atoms with Crippen molar-refractivity contribution in [2.75, 3.05) is 5.43 Å². The maximum absolute atomic E-state index is 5.29. The van der Waals surface area contributed by atoms with Gasteiger partial charge in [0, 0.05) is 17.2 Å². The standard InChI is InChI=1S/C11H15N5O/c1-11(2,3)10-14-9(17-16-10)7-4-5-13-8(6-7)15-12/h4-6H,12H2,1-3H3,(H,13,15). The lowest BCUT2D eigenvalue weighted by Gasteiger charge is -2.10. The van der Waals surface area contributed by atoms with Gasteiger partial charge in [-0.1, -0.05) is 25.9 Å². The van der Waals surface area contributed by atoms with Crippen LogP contribution in [0.5, 0.6) is 0 Å². The molecule has 0 saturated carbocycles. The highest BCUT2D eigenvalue weighted by molar-refractivity contribution is 5.57. The van der Waals surface area contributed by atoms with Crippen LogP contribution in [0.25, 0.3) is 11.5 Å². The van der Waals surface area contributed by atoms with Crippen LogP contribution in [0.3, 0.4) is 0 Å². The van der Waals surface area contributed by atoms with Crippen LogP contribution in [0.4, 0.5) is 5.82 Å². The van der Waals surface area contributed by atoms with E-state index in [1.807, 2.05) is 20.8 Å². The molecule has 0 aliphatic carbocycles. The summed E-state index contributed by atoms with van der Waals surface area (Å²) in [5, 5.41) is 3.96. The molecule has 2 aromatic rings. The van der Waals surface area contributed by atoms with Gasteiger partial charge < -0.3 is 9.95 Å². The molecular formula is C11H15N5O. The van der Waals surface area contributed by atoms with E-state index in [9.17, 15) is 0 Å². The van der Waals surface area contributed by atoms with Gasteiger partial charge in [0.15, 0.2) is 5.82 Å². The van der Waals surface area contributed by atoms with Crippen molar-refractivity contribution in [1.82, 2.24) is 15.1 Å². The van der Waals surface area contributed by atoms with Gasteiger partial charge in [0.1, 0.15) is 5.82 Å². The highest BCUT2D eigenvalue weighted by Crippen LogP contribution is 2.24. The molecule has 2 aromatic heterocycles. The summed E-state index contributed by atoms with van der Waals surface area (Å²) in [6, 6.07) is 3.54. The average Bonchev–Trinajstić information content (AvgIpc) is 2.78. The minimum absolute atomic E-state index is 0.135. The van der Waals surface area contributed by atoms with Gasteiger partial charge in [-0.15, -0.1) is 0 Å². The lowest BCUT2D eigenvalue weighted by molar-refractivity contribution is 0.402. The number of rotatable bonds is 2. The third-order valence-corrected chi connectivity index (χ3v) is 2.25. The molecule has 17 heavy (non-hydrogen) atoms. The average molecular weight is 233 g/mol. The van der Waals surface area contributed by atoms with Gasteiger partial charge in [0.2, 0.25) is 0 Å². The molecule has 6 heteroatoms. The lowest BCUT2D eigenvalue weighted by Crippen LogP contribution is -2.13. The molecule has 0 atom stereocenters. The van der Waals surface area contributed by atoms with Crippen molar-refractivity contribution in [2.24, 2.45) is 5.84 Å². The van der Waals surface area contributed by atoms with E-state index in [-0.39, 0.29) is 5.41 Å². The van der Waals surface area contributed by atoms with Crippen LogP contribution in [0.1, 0.15) is 26.6 Å². The summed E-state index contributed by atoms with van der Waals surface area (Å²) in [6.07, 6.45) is 1.63. The first-order valence-corrected chi connectivity index (χ1v) is 5.28. The molecule has 0 fully saturated rings. The number of hydrogen-bond acceptors (Lipinski definition) is 6. The van der Waals surface area contributed by atoms with Crippen LogP contribution in [-0.2, 0) is 5.41 Å². The zero-order chi connectivity index (χ0) is 12.5. The van der Waals surface area contributed by atoms with Crippen molar-refractivity contribution in [1.29, 1.82) is 0 Å². The van der Waals surface area contributed by atoms with Gasteiger partial charge in [-0.25, -0.2) is 10.8 Å². The predicted octanol–water partition coefficient (Wildman–Crippen LogP) is 1.71. The largest absolute Gasteiger partial charge is 0.334 e. The Morgan fingerprint density at radius 2 is 2.12 bits per heavy atom. The second-order valence-electron chi connectivity index (χ2n) is 4.75. The maximum atomic E-state index is 5.29. The topological polar surface area (TPSA) is 89.9 Å². The van der Waals surface area contributed by atoms with E-state index < -0.39 is 0 Å². The molecule has 0 aliphatic rings. The molecule has 0 unspecified atom stereocenters. The van der Waals surface area contributed by atoms with Crippen molar-refractivity contribution in [3.8, 4) is 11.5 Å². The van der Waals surface area contributed by atoms with E-state index in [2.05, 4.69) is 20.6 Å². The molecule has 0 aromatic carbocycles. The Morgan fingerprint density at radius 1 is 1.35 bits per heavy atom. The van der Waals surface area contributed by atoms with Crippen molar-refractivity contribution in [3.63, 3.8) is 0 Å². The van der Waals surface area contributed by atoms with Crippen LogP contribution in [0.15, 0.2) is 22.9 Å². The predicted molar refractivity (Wildman–Crippen MR) is 64.0 cm³/mol. The van der Waals surface area contributed by atoms with Crippen LogP contribution in [-0.4, -0.2) is 15.1 Å². The van der Waals surface area contributed by atoms with Crippen LogP contribution in [0, 0.1) is 0 Å². The fourth-order valence-electron chi connectivity index (χ4n) is 1.29. The van der Waals surface area contributed by atoms with Gasteiger partial charge in [-0.2, -0.15) is 4.98 Å². The number of hydrazine groups is 1. The van der Waals surface area contributed by atoms with E-state index in [4.69, 9.17) is 10.4 Å². The summed E-state index contributed by atoms with van der Waals surface area (Å²) >= 11 is 0. The molecular weight excluding hydrogens is 218 g/mol. The van der Waals surface area contributed by atoms with Gasteiger partial charge in [-0.05, 0) is 12.1 Å². The lowest BCUT2D eigenvalue weighted by atomic mass is 9.96. The quantitative estimate of drug-likeness (QED) is 0.606. The summed E-state index contributed by atoms with van der Waals surface area (Å²) in [6.45, 7) is 6.09. The van der Waals surface area contributed by atoms with Crippen molar-refractivity contribution < 1.29 is 4.52 Å². The number of hydrogen-bond donors (Lipinski definition) is 2. The third-order valence-electron chi connectivity index (χ3n) is 2.25. The van der Waals surface area contributed by atoms with Gasteiger partial charge in [0.05, 0.1) is 0 Å². The normalized spacial score (nSPS) is 11.5. The number of pyridine rings is 1. The molecule has 0 bridgehead atoms. The number of nitrogens with one attached hydrogen (secondary N) is 1. The van der Waals surface area contributed by atoms with Crippen LogP contribution in [0.2, 0.25) is 0 Å². The van der Waals surface area contributed by atoms with E-state index in [1.165, 1.54) is 0 Å². The molecule has 0 amide bonds. The Kier molecular flexibility index (Phi) is 2.81. The van der Waals surface area contributed by atoms with Gasteiger partial charge in [-0.3, -0.25) is 0 Å². The summed E-state index contributed by atoms with van der Waals surface area (Å²) < 4.78 is 5.22. The fourth-order valence-corrected chi connectivity index (χ4v) is 1.29. The monoisotopic (exact) mass is 233 g/mol. The smallest absolute Gasteiger partial charge is 0.258 e. The Balaban J connectivity index is 2.37. The van der Waals surface area contributed by atoms with E-state index >= 15 is 0 Å². The number of nitrogens with zero attached hydrogens (tertiary/aromatic N) is 3. The Morgan fingerprint density at radius 3 is 2.71 bits per heavy atom. The minimum atomic E-state index is -0.135. The number of nitrogen functional groups attached to an aromatic ring is 1. The first-order valence-electron chi connectivity index (χ1n) is 5.28. The Hall–Kier alpha value is -1.95. The maximum Gasteiger partial charge on any atom is 0.258 e. The highest BCUT2D eigenvalue weighted by Gasteiger charge is 2.21. The number of nitrogens with two attached hydrogens (primary N) is 1. The second kappa shape index (κ2) is 4.14. The number of aromatic nitrogens is 3. The number of anilines is 1. The molecule has 0 radical (unpaired) electrons. The van der Waals surface area contributed by atoms with Crippen molar-refractivity contribution in [2.45, 2.75) is 26.2 Å². The molecule has 6 nitrogen and oxygen atoms in total. The fraction of sp³-hybridized carbons (Fsp3) is 0.364. The van der Waals surface area contributed by atoms with Gasteiger partial charge in [0.25, 0.3) is 5.89 Å². The second-order valence-corrected chi connectivity index (χ2v) is 4.75. The van der Waals surface area contributed by atoms with E-state index in [1.54, 1.807) is 18.3 Å². The van der Waals surface area contributed by atoms with E-state index in [0.29, 0.717) is 17.5 Å². The van der Waals surface area contributed by atoms with Crippen molar-refractivity contribution >= 4 is 5.82 Å². The summed E-state index contributed by atoms with van der Waals surface area (Å²) in [4.78, 5) is 8.37. The molecule has 0 saturated heterocycles. The first kappa shape index (κ1) is 11.5. The van der Waals surface area contributed by atoms with Crippen LogP contribution >= 0.6 is 0 Å². The van der Waals surface area contributed by atoms with Crippen molar-refractivity contribution in [3.05, 3.63) is 24.2 Å². The molecule has 2 heterocycles. The zero-order valence-corrected chi connectivity index (χ0v) is 10.1. The Bertz CT molecular complexity index is 515. The summed E-state index contributed by atoms with van der Waals surface area (Å²) in [7, 11) is 0. The summed E-state index contributed by atoms with van der Waals surface area (Å²) in [5.41, 5.74) is 3.13. The van der Waals surface area contributed by atoms with E-state index in [0.717, 1.165) is 5.56 Å². The van der Waals surface area contributed by atoms with Crippen LogP contribution < -0.4 is 11.3 Å². The highest BCUT2D eigenvalue weighted by atomic mass is 16.5. The molecule has 0 spiro atoms. The molecule has 2 rings (SSSR count). The first-order chi connectivity index (χ1) is 8.00. The van der Waals surface area contributed by atoms with Gasteiger partial charge >= 0.3 is 0 Å². The summed E-state index contributed by atoms with van der Waals surface area (Å²) in [5.74, 6) is 6.99. The minimum Gasteiger partial charge on any atom is -0.334 e. The Labute approximate surface area is 99.2 Å². The molecule has 3 N–H and O–H groups in total. The third kappa shape index (κ3) is 2.42. The zero-order valence-electron chi connectivity index (χ0n) is 10.1.